The molecule has 74 valence electrons. The molecule has 3 heteroatoms. The lowest BCUT2D eigenvalue weighted by Crippen LogP contribution is -2.41. The van der Waals surface area contributed by atoms with E-state index in [0.717, 1.165) is 11.8 Å². The Morgan fingerprint density at radius 2 is 1.86 bits per heavy atom. The Kier molecular flexibility index (Phi) is 0.668. The molecule has 0 aliphatic heterocycles. The summed E-state index contributed by atoms with van der Waals surface area (Å²) in [6.07, 6.45) is 1.36. The summed E-state index contributed by atoms with van der Waals surface area (Å²) in [5.41, 5.74) is 6.16. The number of rotatable bonds is 1. The number of hydrogen-bond acceptors (Lipinski definition) is 3. The van der Waals surface area contributed by atoms with Crippen molar-refractivity contribution in [3.05, 3.63) is 0 Å². The summed E-state index contributed by atoms with van der Waals surface area (Å²) in [6.45, 7) is 0. The van der Waals surface area contributed by atoms with Gasteiger partial charge < -0.3 is 10.5 Å². The van der Waals surface area contributed by atoms with E-state index >= 15 is 0 Å². The SMILES string of the molecule is COC(=O)C12[C@@H]3[C@H]4C[C@@H]([C@@H]5[C@@H]4C51N)[C@H]32. The lowest BCUT2D eigenvalue weighted by atomic mass is 9.94. The van der Waals surface area contributed by atoms with E-state index in [1.807, 2.05) is 0 Å². The Morgan fingerprint density at radius 1 is 1.29 bits per heavy atom. The van der Waals surface area contributed by atoms with Gasteiger partial charge in [-0.1, -0.05) is 0 Å². The van der Waals surface area contributed by atoms with Gasteiger partial charge in [-0.05, 0) is 41.9 Å². The van der Waals surface area contributed by atoms with Crippen molar-refractivity contribution in [2.75, 3.05) is 7.11 Å². The number of hydrogen-bond donors (Lipinski definition) is 1. The van der Waals surface area contributed by atoms with Crippen molar-refractivity contribution in [2.24, 2.45) is 46.7 Å². The quantitative estimate of drug-likeness (QED) is 0.593. The first kappa shape index (κ1) is 6.83. The third kappa shape index (κ3) is 0.300. The van der Waals surface area contributed by atoms with Crippen molar-refractivity contribution in [1.29, 1.82) is 0 Å². The van der Waals surface area contributed by atoms with Crippen LogP contribution in [-0.4, -0.2) is 18.6 Å². The van der Waals surface area contributed by atoms with Crippen molar-refractivity contribution in [2.45, 2.75) is 12.0 Å². The van der Waals surface area contributed by atoms with Gasteiger partial charge in [0.15, 0.2) is 0 Å². The van der Waals surface area contributed by atoms with Crippen LogP contribution in [0.15, 0.2) is 0 Å². The maximum atomic E-state index is 11.9. The van der Waals surface area contributed by atoms with E-state index in [0.29, 0.717) is 23.7 Å². The van der Waals surface area contributed by atoms with Gasteiger partial charge in [-0.15, -0.1) is 0 Å². The number of nitrogens with two attached hydrogens (primary N) is 1. The van der Waals surface area contributed by atoms with Crippen LogP contribution in [0.4, 0.5) is 0 Å². The van der Waals surface area contributed by atoms with Gasteiger partial charge in [0.2, 0.25) is 0 Å². The highest BCUT2D eigenvalue weighted by molar-refractivity contribution is 5.89. The average Bonchev–Trinajstić information content (AvgIpc) is 2.89. The maximum Gasteiger partial charge on any atom is 0.314 e. The van der Waals surface area contributed by atoms with Gasteiger partial charge >= 0.3 is 5.97 Å². The highest BCUT2D eigenvalue weighted by Gasteiger charge is 3.06. The van der Waals surface area contributed by atoms with E-state index in [1.54, 1.807) is 0 Å². The molecule has 0 spiro atoms. The number of esters is 1. The Labute approximate surface area is 82.0 Å². The van der Waals surface area contributed by atoms with Gasteiger partial charge in [-0.3, -0.25) is 4.79 Å². The van der Waals surface area contributed by atoms with Crippen LogP contribution in [0.25, 0.3) is 0 Å². The highest BCUT2D eigenvalue weighted by Crippen LogP contribution is 3.00. The molecular formula is C11H13NO2. The van der Waals surface area contributed by atoms with Crippen LogP contribution in [0.2, 0.25) is 0 Å². The molecule has 6 fully saturated rings. The zero-order valence-corrected chi connectivity index (χ0v) is 8.07. The third-order valence-electron chi connectivity index (χ3n) is 6.34. The molecule has 6 aliphatic carbocycles. The van der Waals surface area contributed by atoms with Crippen molar-refractivity contribution in [3.63, 3.8) is 0 Å². The van der Waals surface area contributed by atoms with Gasteiger partial charge in [0.05, 0.1) is 12.5 Å². The van der Waals surface area contributed by atoms with Gasteiger partial charge in [-0.25, -0.2) is 0 Å². The van der Waals surface area contributed by atoms with Gasteiger partial charge in [-0.2, -0.15) is 0 Å². The monoisotopic (exact) mass is 191 g/mol. The van der Waals surface area contributed by atoms with E-state index in [2.05, 4.69) is 0 Å². The Bertz CT molecular complexity index is 378. The van der Waals surface area contributed by atoms with Gasteiger partial charge in [0, 0.05) is 5.54 Å². The molecule has 6 saturated carbocycles. The van der Waals surface area contributed by atoms with E-state index in [-0.39, 0.29) is 16.9 Å². The summed E-state index contributed by atoms with van der Waals surface area (Å²) in [4.78, 5) is 11.9. The zero-order valence-electron chi connectivity index (χ0n) is 8.07. The average molecular weight is 191 g/mol. The van der Waals surface area contributed by atoms with Crippen LogP contribution in [0, 0.1) is 40.9 Å². The first-order valence-electron chi connectivity index (χ1n) is 5.58. The second-order valence-corrected chi connectivity index (χ2v) is 5.96. The summed E-state index contributed by atoms with van der Waals surface area (Å²) in [5, 5.41) is 0. The Hall–Kier alpha value is -0.570. The van der Waals surface area contributed by atoms with Gasteiger partial charge in [0.1, 0.15) is 0 Å². The number of carbonyl (C=O) groups excluding carboxylic acids is 1. The molecule has 0 saturated heterocycles. The minimum Gasteiger partial charge on any atom is -0.469 e. The van der Waals surface area contributed by atoms with E-state index < -0.39 is 0 Å². The molecule has 0 aromatic heterocycles. The first-order chi connectivity index (χ1) is 6.70. The summed E-state index contributed by atoms with van der Waals surface area (Å²) in [7, 11) is 1.51. The van der Waals surface area contributed by atoms with Crippen LogP contribution < -0.4 is 5.73 Å². The molecule has 0 aromatic carbocycles. The van der Waals surface area contributed by atoms with Crippen LogP contribution in [-0.2, 0) is 9.53 Å². The summed E-state index contributed by atoms with van der Waals surface area (Å²) in [6, 6.07) is 0. The lowest BCUT2D eigenvalue weighted by molar-refractivity contribution is -0.149. The van der Waals surface area contributed by atoms with E-state index in [9.17, 15) is 4.79 Å². The molecule has 14 heavy (non-hydrogen) atoms. The predicted molar refractivity (Wildman–Crippen MR) is 46.9 cm³/mol. The molecule has 0 unspecified atom stereocenters. The smallest absolute Gasteiger partial charge is 0.314 e. The van der Waals surface area contributed by atoms with Crippen molar-refractivity contribution < 1.29 is 9.53 Å². The summed E-state index contributed by atoms with van der Waals surface area (Å²) < 4.78 is 4.99. The largest absolute Gasteiger partial charge is 0.469 e. The number of carbonyl (C=O) groups is 1. The van der Waals surface area contributed by atoms with Crippen molar-refractivity contribution in [1.82, 2.24) is 0 Å². The van der Waals surface area contributed by atoms with Crippen molar-refractivity contribution >= 4 is 5.97 Å². The molecule has 0 amide bonds. The molecule has 0 heterocycles. The lowest BCUT2D eigenvalue weighted by Gasteiger charge is -2.18. The van der Waals surface area contributed by atoms with Crippen LogP contribution in [0.5, 0.6) is 0 Å². The minimum absolute atomic E-state index is 0.00667. The molecule has 2 bridgehead atoms. The molecule has 6 rings (SSSR count). The third-order valence-corrected chi connectivity index (χ3v) is 6.34. The van der Waals surface area contributed by atoms with Gasteiger partial charge in [0.25, 0.3) is 0 Å². The zero-order chi connectivity index (χ0) is 9.46. The van der Waals surface area contributed by atoms with Crippen LogP contribution in [0.1, 0.15) is 6.42 Å². The number of ether oxygens (including phenoxy) is 1. The maximum absolute atomic E-state index is 11.9. The second-order valence-electron chi connectivity index (χ2n) is 5.96. The number of methoxy groups -OCH3 is 1. The summed E-state index contributed by atoms with van der Waals surface area (Å²) >= 11 is 0. The fraction of sp³-hybridized carbons (Fsp3) is 0.909. The Morgan fingerprint density at radius 3 is 2.21 bits per heavy atom. The molecule has 6 atom stereocenters. The molecule has 0 aromatic rings. The highest BCUT2D eigenvalue weighted by atomic mass is 16.5. The predicted octanol–water partition coefficient (Wildman–Crippen LogP) is -0.00140. The standard InChI is InChI=1S/C11H13NO2/c1-14-9(13)10-5-3-2-4(6(5)10)8-7(3)11(8,10)12/h3-8H,2,12H2,1H3/t3-,4-,5-,6-,7-,8-,10?,11?/m1/s1. The Balaban J connectivity index is 1.78. The molecule has 3 nitrogen and oxygen atoms in total. The first-order valence-corrected chi connectivity index (χ1v) is 5.58. The van der Waals surface area contributed by atoms with E-state index in [4.69, 9.17) is 10.5 Å². The normalized spacial score (nSPS) is 77.9. The van der Waals surface area contributed by atoms with Crippen LogP contribution in [0.3, 0.4) is 0 Å². The van der Waals surface area contributed by atoms with E-state index in [1.165, 1.54) is 13.5 Å². The minimum atomic E-state index is -0.190. The second kappa shape index (κ2) is 1.37. The fourth-order valence-electron chi connectivity index (χ4n) is 6.45. The van der Waals surface area contributed by atoms with Crippen LogP contribution >= 0.6 is 0 Å². The molecular weight excluding hydrogens is 178 g/mol. The van der Waals surface area contributed by atoms with Crippen molar-refractivity contribution in [3.8, 4) is 0 Å². The topological polar surface area (TPSA) is 52.3 Å². The molecule has 0 radical (unpaired) electrons. The summed E-state index contributed by atoms with van der Waals surface area (Å²) in [5.74, 6) is 4.23. The molecule has 6 aliphatic rings. The fourth-order valence-corrected chi connectivity index (χ4v) is 6.45. The molecule has 2 N–H and O–H groups in total.